The number of carbonyl (C=O) groups excluding carboxylic acids is 2. The van der Waals surface area contributed by atoms with Gasteiger partial charge in [0.05, 0.1) is 18.7 Å². The van der Waals surface area contributed by atoms with E-state index in [-0.39, 0.29) is 12.2 Å². The second-order valence-electron chi connectivity index (χ2n) is 7.72. The quantitative estimate of drug-likeness (QED) is 0.666. The first-order valence-corrected chi connectivity index (χ1v) is 9.68. The maximum atomic E-state index is 13.3. The van der Waals surface area contributed by atoms with Gasteiger partial charge >= 0.3 is 0 Å². The Hall–Kier alpha value is -3.24. The van der Waals surface area contributed by atoms with Crippen molar-refractivity contribution in [1.82, 2.24) is 0 Å². The molecule has 0 saturated carbocycles. The molecule has 0 aliphatic carbocycles. The van der Waals surface area contributed by atoms with E-state index >= 15 is 0 Å². The molecule has 0 aromatic heterocycles. The molecule has 4 heteroatoms. The average Bonchev–Trinajstić information content (AvgIpc) is 2.91. The molecule has 146 valence electrons. The van der Waals surface area contributed by atoms with Crippen molar-refractivity contribution < 1.29 is 14.7 Å². The smallest absolute Gasteiger partial charge is 0.264 e. The number of ketones is 1. The van der Waals surface area contributed by atoms with Crippen LogP contribution in [0.2, 0.25) is 0 Å². The Kier molecular flexibility index (Phi) is 4.81. The Balaban J connectivity index is 1.67. The first-order chi connectivity index (χ1) is 13.9. The molecule has 1 N–H and O–H groups in total. The molecular weight excluding hydrogens is 362 g/mol. The van der Waals surface area contributed by atoms with Crippen LogP contribution >= 0.6 is 0 Å². The number of aliphatic hydroxyl groups is 1. The van der Waals surface area contributed by atoms with Gasteiger partial charge in [0.25, 0.3) is 5.91 Å². The van der Waals surface area contributed by atoms with Crippen LogP contribution in [0.4, 0.5) is 5.69 Å². The minimum absolute atomic E-state index is 0.256. The molecule has 0 unspecified atom stereocenters. The lowest BCUT2D eigenvalue weighted by Gasteiger charge is -2.23. The van der Waals surface area contributed by atoms with Crippen molar-refractivity contribution in [2.75, 3.05) is 4.90 Å². The molecule has 0 spiro atoms. The highest BCUT2D eigenvalue weighted by Crippen LogP contribution is 2.43. The van der Waals surface area contributed by atoms with Crippen molar-refractivity contribution in [2.45, 2.75) is 32.4 Å². The third-order valence-corrected chi connectivity index (χ3v) is 5.45. The zero-order valence-corrected chi connectivity index (χ0v) is 16.6. The molecule has 0 fully saturated rings. The first kappa shape index (κ1) is 19.1. The van der Waals surface area contributed by atoms with Gasteiger partial charge in [0.2, 0.25) is 0 Å². The molecular formula is C25H23NO3. The lowest BCUT2D eigenvalue weighted by Crippen LogP contribution is -2.41. The molecule has 4 nitrogen and oxygen atoms in total. The number of fused-ring (bicyclic) bond motifs is 1. The number of hydrogen-bond acceptors (Lipinski definition) is 3. The monoisotopic (exact) mass is 385 g/mol. The van der Waals surface area contributed by atoms with E-state index in [1.165, 1.54) is 0 Å². The predicted octanol–water partition coefficient (Wildman–Crippen LogP) is 4.31. The summed E-state index contributed by atoms with van der Waals surface area (Å²) in [6, 6.07) is 22.3. The Morgan fingerprint density at radius 1 is 0.931 bits per heavy atom. The fourth-order valence-electron chi connectivity index (χ4n) is 3.90. The summed E-state index contributed by atoms with van der Waals surface area (Å²) in [4.78, 5) is 27.7. The lowest BCUT2D eigenvalue weighted by atomic mass is 9.88. The summed E-state index contributed by atoms with van der Waals surface area (Å²) in [6.07, 6.45) is -0.282. The highest BCUT2D eigenvalue weighted by Gasteiger charge is 2.50. The SMILES string of the molecule is Cc1ccc(C(=O)C[C@]2(O)C(=O)N(Cc3cccc(C)c3)c3ccccc32)cc1. The summed E-state index contributed by atoms with van der Waals surface area (Å²) in [5, 5.41) is 11.4. The zero-order valence-electron chi connectivity index (χ0n) is 16.6. The van der Waals surface area contributed by atoms with Crippen LogP contribution in [0.1, 0.15) is 39.0 Å². The number of anilines is 1. The van der Waals surface area contributed by atoms with Crippen molar-refractivity contribution in [3.05, 3.63) is 101 Å². The molecule has 29 heavy (non-hydrogen) atoms. The van der Waals surface area contributed by atoms with Crippen molar-refractivity contribution in [2.24, 2.45) is 0 Å². The Morgan fingerprint density at radius 3 is 2.38 bits per heavy atom. The highest BCUT2D eigenvalue weighted by atomic mass is 16.3. The standard InChI is InChI=1S/C25H23NO3/c1-17-10-12-20(13-11-17)23(27)15-25(29)21-8-3-4-9-22(21)26(24(25)28)16-19-7-5-6-18(2)14-19/h3-14,29H,15-16H2,1-2H3/t25-/m1/s1. The maximum absolute atomic E-state index is 13.3. The fraction of sp³-hybridized carbons (Fsp3) is 0.200. The fourth-order valence-corrected chi connectivity index (χ4v) is 3.90. The number of amides is 1. The summed E-state index contributed by atoms with van der Waals surface area (Å²) < 4.78 is 0. The Bertz CT molecular complexity index is 1090. The average molecular weight is 385 g/mol. The molecule has 0 bridgehead atoms. The molecule has 1 atom stereocenters. The summed E-state index contributed by atoms with van der Waals surface area (Å²) in [5.74, 6) is -0.714. The van der Waals surface area contributed by atoms with Crippen LogP contribution in [0.15, 0.2) is 72.8 Å². The van der Waals surface area contributed by atoms with Crippen LogP contribution < -0.4 is 4.90 Å². The van der Waals surface area contributed by atoms with Crippen molar-refractivity contribution in [1.29, 1.82) is 0 Å². The number of benzene rings is 3. The third kappa shape index (κ3) is 3.47. The van der Waals surface area contributed by atoms with Crippen molar-refractivity contribution >= 4 is 17.4 Å². The Labute approximate surface area is 170 Å². The summed E-state index contributed by atoms with van der Waals surface area (Å²) in [5.41, 5.74) is 2.90. The summed E-state index contributed by atoms with van der Waals surface area (Å²) in [6.45, 7) is 4.29. The molecule has 1 heterocycles. The molecule has 0 saturated heterocycles. The maximum Gasteiger partial charge on any atom is 0.264 e. The van der Waals surface area contributed by atoms with Gasteiger partial charge in [-0.15, -0.1) is 0 Å². The van der Waals surface area contributed by atoms with Gasteiger partial charge in [-0.1, -0.05) is 77.9 Å². The number of nitrogens with zero attached hydrogens (tertiary/aromatic N) is 1. The van der Waals surface area contributed by atoms with Gasteiger partial charge in [-0.2, -0.15) is 0 Å². The van der Waals surface area contributed by atoms with Gasteiger partial charge in [0.1, 0.15) is 0 Å². The van der Waals surface area contributed by atoms with E-state index in [4.69, 9.17) is 0 Å². The van der Waals surface area contributed by atoms with Gasteiger partial charge < -0.3 is 10.0 Å². The minimum Gasteiger partial charge on any atom is -0.375 e. The molecule has 3 aromatic carbocycles. The van der Waals surface area contributed by atoms with E-state index in [1.54, 1.807) is 29.2 Å². The molecule has 1 aliphatic rings. The molecule has 1 amide bonds. The van der Waals surface area contributed by atoms with E-state index in [2.05, 4.69) is 0 Å². The lowest BCUT2D eigenvalue weighted by molar-refractivity contribution is -0.136. The predicted molar refractivity (Wildman–Crippen MR) is 113 cm³/mol. The van der Waals surface area contributed by atoms with E-state index in [1.807, 2.05) is 62.4 Å². The van der Waals surface area contributed by atoms with Crippen molar-refractivity contribution in [3.63, 3.8) is 0 Å². The number of hydrogen-bond donors (Lipinski definition) is 1. The molecule has 3 aromatic rings. The Morgan fingerprint density at radius 2 is 1.66 bits per heavy atom. The normalized spacial score (nSPS) is 18.0. The van der Waals surface area contributed by atoms with Gasteiger partial charge in [-0.3, -0.25) is 9.59 Å². The minimum atomic E-state index is -1.86. The van der Waals surface area contributed by atoms with E-state index in [0.717, 1.165) is 16.7 Å². The van der Waals surface area contributed by atoms with Crippen LogP contribution in [0.5, 0.6) is 0 Å². The van der Waals surface area contributed by atoms with Gasteiger partial charge in [0, 0.05) is 11.1 Å². The highest BCUT2D eigenvalue weighted by molar-refractivity contribution is 6.10. The number of rotatable bonds is 5. The van der Waals surface area contributed by atoms with Crippen LogP contribution in [0.25, 0.3) is 0 Å². The largest absolute Gasteiger partial charge is 0.375 e. The number of para-hydroxylation sites is 1. The van der Waals surface area contributed by atoms with Crippen molar-refractivity contribution in [3.8, 4) is 0 Å². The van der Waals surface area contributed by atoms with Gasteiger partial charge in [-0.05, 0) is 25.5 Å². The van der Waals surface area contributed by atoms with Crippen LogP contribution in [-0.4, -0.2) is 16.8 Å². The van der Waals surface area contributed by atoms with E-state index < -0.39 is 11.5 Å². The second kappa shape index (κ2) is 7.30. The van der Waals surface area contributed by atoms with Gasteiger partial charge in [0.15, 0.2) is 11.4 Å². The zero-order chi connectivity index (χ0) is 20.6. The van der Waals surface area contributed by atoms with Crippen LogP contribution in [0.3, 0.4) is 0 Å². The molecule has 1 aliphatic heterocycles. The molecule has 0 radical (unpaired) electrons. The second-order valence-corrected chi connectivity index (χ2v) is 7.72. The first-order valence-electron chi connectivity index (χ1n) is 9.68. The summed E-state index contributed by atoms with van der Waals surface area (Å²) in [7, 11) is 0. The topological polar surface area (TPSA) is 57.6 Å². The number of aryl methyl sites for hydroxylation is 2. The van der Waals surface area contributed by atoms with Gasteiger partial charge in [-0.25, -0.2) is 0 Å². The number of carbonyl (C=O) groups is 2. The number of Topliss-reactive ketones (excluding diaryl/α,β-unsaturated/α-hetero) is 1. The van der Waals surface area contributed by atoms with Crippen LogP contribution in [-0.2, 0) is 16.9 Å². The third-order valence-electron chi connectivity index (χ3n) is 5.45. The van der Waals surface area contributed by atoms with E-state index in [9.17, 15) is 14.7 Å². The summed E-state index contributed by atoms with van der Waals surface area (Å²) >= 11 is 0. The van der Waals surface area contributed by atoms with Crippen LogP contribution in [0, 0.1) is 13.8 Å². The molecule has 4 rings (SSSR count). The van der Waals surface area contributed by atoms with E-state index in [0.29, 0.717) is 23.4 Å².